The van der Waals surface area contributed by atoms with Gasteiger partial charge in [-0.15, -0.1) is 13.2 Å². The van der Waals surface area contributed by atoms with Crippen LogP contribution in [0.2, 0.25) is 0 Å². The molecule has 0 N–H and O–H groups in total. The maximum Gasteiger partial charge on any atom is 0.573 e. The molecule has 1 aromatic carbocycles. The van der Waals surface area contributed by atoms with E-state index < -0.39 is 12.1 Å². The standard InChI is InChI=1S/C9H5F3O3/c10-9(11,12)15-7-3-1-2-6-8(7)14-5-4-13-6/h1-5H. The molecule has 2 rings (SSSR count). The number of benzene rings is 1. The Hall–Kier alpha value is -1.85. The van der Waals surface area contributed by atoms with Crippen LogP contribution in [0.1, 0.15) is 0 Å². The summed E-state index contributed by atoms with van der Waals surface area (Å²) in [6.45, 7) is 0. The Morgan fingerprint density at radius 3 is 2.53 bits per heavy atom. The maximum absolute atomic E-state index is 12.0. The average molecular weight is 218 g/mol. The van der Waals surface area contributed by atoms with Gasteiger partial charge in [0, 0.05) is 0 Å². The predicted octanol–water partition coefficient (Wildman–Crippen LogP) is 2.83. The number of para-hydroxylation sites is 1. The number of hydrogen-bond acceptors (Lipinski definition) is 3. The normalized spacial score (nSPS) is 13.8. The van der Waals surface area contributed by atoms with E-state index in [0.29, 0.717) is 0 Å². The van der Waals surface area contributed by atoms with Crippen molar-refractivity contribution < 1.29 is 27.4 Å². The van der Waals surface area contributed by atoms with Crippen molar-refractivity contribution in [2.45, 2.75) is 6.36 Å². The molecule has 0 unspecified atom stereocenters. The summed E-state index contributed by atoms with van der Waals surface area (Å²) in [6, 6.07) is 4.00. The summed E-state index contributed by atoms with van der Waals surface area (Å²) < 4.78 is 49.5. The SMILES string of the molecule is FC(F)(F)Oc1cccc2c1OC=CO2. The second-order valence-corrected chi connectivity index (χ2v) is 2.64. The molecule has 80 valence electrons. The van der Waals surface area contributed by atoms with Crippen molar-refractivity contribution in [3.05, 3.63) is 30.7 Å². The average Bonchev–Trinajstić information content (AvgIpc) is 2.16. The highest BCUT2D eigenvalue weighted by molar-refractivity contribution is 5.52. The van der Waals surface area contributed by atoms with Gasteiger partial charge in [0.05, 0.1) is 0 Å². The van der Waals surface area contributed by atoms with Crippen LogP contribution in [-0.2, 0) is 0 Å². The van der Waals surface area contributed by atoms with Gasteiger partial charge >= 0.3 is 6.36 Å². The fourth-order valence-corrected chi connectivity index (χ4v) is 1.11. The molecule has 1 aliphatic heterocycles. The fourth-order valence-electron chi connectivity index (χ4n) is 1.11. The molecule has 1 aliphatic rings. The van der Waals surface area contributed by atoms with Crippen molar-refractivity contribution in [2.24, 2.45) is 0 Å². The first-order valence-corrected chi connectivity index (χ1v) is 3.93. The Labute approximate surface area is 82.7 Å². The minimum absolute atomic E-state index is 0.0858. The van der Waals surface area contributed by atoms with Gasteiger partial charge in [0.15, 0.2) is 11.5 Å². The summed E-state index contributed by atoms with van der Waals surface area (Å²) in [5.41, 5.74) is 0. The van der Waals surface area contributed by atoms with Gasteiger partial charge in [0.25, 0.3) is 0 Å². The van der Waals surface area contributed by atoms with Gasteiger partial charge in [-0.1, -0.05) is 6.07 Å². The first-order chi connectivity index (χ1) is 7.06. The summed E-state index contributed by atoms with van der Waals surface area (Å²) in [7, 11) is 0. The molecule has 6 heteroatoms. The lowest BCUT2D eigenvalue weighted by molar-refractivity contribution is -0.275. The molecule has 0 amide bonds. The highest BCUT2D eigenvalue weighted by Gasteiger charge is 2.33. The molecule has 0 bridgehead atoms. The van der Waals surface area contributed by atoms with Crippen LogP contribution in [-0.4, -0.2) is 6.36 Å². The lowest BCUT2D eigenvalue weighted by atomic mass is 10.3. The van der Waals surface area contributed by atoms with E-state index in [1.807, 2.05) is 0 Å². The Morgan fingerprint density at radius 1 is 1.07 bits per heavy atom. The van der Waals surface area contributed by atoms with Crippen molar-refractivity contribution >= 4 is 0 Å². The van der Waals surface area contributed by atoms with Crippen LogP contribution in [0.3, 0.4) is 0 Å². The third-order valence-corrected chi connectivity index (χ3v) is 1.60. The number of rotatable bonds is 1. The molecule has 0 radical (unpaired) electrons. The zero-order valence-electron chi connectivity index (χ0n) is 7.25. The fraction of sp³-hybridized carbons (Fsp3) is 0.111. The van der Waals surface area contributed by atoms with E-state index in [1.54, 1.807) is 0 Å². The van der Waals surface area contributed by atoms with Crippen LogP contribution >= 0.6 is 0 Å². The van der Waals surface area contributed by atoms with Gasteiger partial charge in [0.2, 0.25) is 5.75 Å². The third kappa shape index (κ3) is 2.15. The number of hydrogen-bond donors (Lipinski definition) is 0. The van der Waals surface area contributed by atoms with Crippen LogP contribution in [0.5, 0.6) is 17.2 Å². The number of fused-ring (bicyclic) bond motifs is 1. The van der Waals surface area contributed by atoms with Crippen LogP contribution < -0.4 is 14.2 Å². The lowest BCUT2D eigenvalue weighted by Gasteiger charge is -2.16. The van der Waals surface area contributed by atoms with Gasteiger partial charge in [0.1, 0.15) is 12.5 Å². The van der Waals surface area contributed by atoms with E-state index in [4.69, 9.17) is 9.47 Å². The second-order valence-electron chi connectivity index (χ2n) is 2.64. The topological polar surface area (TPSA) is 27.7 Å². The molecule has 1 heterocycles. The van der Waals surface area contributed by atoms with Gasteiger partial charge in [-0.25, -0.2) is 0 Å². The predicted molar refractivity (Wildman–Crippen MR) is 43.5 cm³/mol. The van der Waals surface area contributed by atoms with E-state index in [0.717, 1.165) is 12.3 Å². The van der Waals surface area contributed by atoms with E-state index in [9.17, 15) is 13.2 Å². The highest BCUT2D eigenvalue weighted by atomic mass is 19.4. The number of ether oxygens (including phenoxy) is 3. The Balaban J connectivity index is 2.33. The minimum Gasteiger partial charge on any atom is -0.458 e. The van der Waals surface area contributed by atoms with E-state index >= 15 is 0 Å². The van der Waals surface area contributed by atoms with Crippen molar-refractivity contribution in [2.75, 3.05) is 0 Å². The lowest BCUT2D eigenvalue weighted by Crippen LogP contribution is -2.17. The summed E-state index contributed by atoms with van der Waals surface area (Å²) in [4.78, 5) is 0. The zero-order valence-corrected chi connectivity index (χ0v) is 7.25. The molecule has 0 fully saturated rings. The van der Waals surface area contributed by atoms with Crippen LogP contribution in [0.15, 0.2) is 30.7 Å². The van der Waals surface area contributed by atoms with Gasteiger partial charge in [-0.3, -0.25) is 0 Å². The van der Waals surface area contributed by atoms with E-state index in [-0.39, 0.29) is 11.5 Å². The quantitative estimate of drug-likeness (QED) is 0.725. The van der Waals surface area contributed by atoms with E-state index in [1.165, 1.54) is 18.4 Å². The second kappa shape index (κ2) is 3.38. The van der Waals surface area contributed by atoms with Crippen LogP contribution in [0.25, 0.3) is 0 Å². The molecule has 3 nitrogen and oxygen atoms in total. The molecule has 0 aliphatic carbocycles. The molecule has 1 aromatic rings. The summed E-state index contributed by atoms with van der Waals surface area (Å²) in [6.07, 6.45) is -2.40. The highest BCUT2D eigenvalue weighted by Crippen LogP contribution is 2.41. The zero-order chi connectivity index (χ0) is 10.9. The largest absolute Gasteiger partial charge is 0.573 e. The van der Waals surface area contributed by atoms with Crippen LogP contribution in [0.4, 0.5) is 13.2 Å². The van der Waals surface area contributed by atoms with Crippen molar-refractivity contribution in [3.63, 3.8) is 0 Å². The Kier molecular flexibility index (Phi) is 2.18. The van der Waals surface area contributed by atoms with Gasteiger partial charge in [-0.2, -0.15) is 0 Å². The van der Waals surface area contributed by atoms with Crippen molar-refractivity contribution in [3.8, 4) is 17.2 Å². The first kappa shape index (κ1) is 9.70. The third-order valence-electron chi connectivity index (χ3n) is 1.60. The maximum atomic E-state index is 12.0. The number of alkyl halides is 3. The molecule has 0 atom stereocenters. The Morgan fingerprint density at radius 2 is 1.80 bits per heavy atom. The molecule has 15 heavy (non-hydrogen) atoms. The van der Waals surface area contributed by atoms with Gasteiger partial charge in [-0.05, 0) is 12.1 Å². The molecule has 0 saturated carbocycles. The summed E-state index contributed by atoms with van der Waals surface area (Å²) in [5, 5.41) is 0. The number of halogens is 3. The summed E-state index contributed by atoms with van der Waals surface area (Å²) >= 11 is 0. The van der Waals surface area contributed by atoms with E-state index in [2.05, 4.69) is 4.74 Å². The molecular weight excluding hydrogens is 213 g/mol. The minimum atomic E-state index is -4.75. The van der Waals surface area contributed by atoms with Crippen molar-refractivity contribution in [1.29, 1.82) is 0 Å². The molecular formula is C9H5F3O3. The Bertz CT molecular complexity index is 398. The molecule has 0 spiro atoms. The smallest absolute Gasteiger partial charge is 0.458 e. The molecule has 0 saturated heterocycles. The van der Waals surface area contributed by atoms with Crippen LogP contribution in [0, 0.1) is 0 Å². The first-order valence-electron chi connectivity index (χ1n) is 3.93. The molecule has 0 aromatic heterocycles. The van der Waals surface area contributed by atoms with Crippen molar-refractivity contribution in [1.82, 2.24) is 0 Å². The monoisotopic (exact) mass is 218 g/mol. The summed E-state index contributed by atoms with van der Waals surface area (Å²) in [5.74, 6) is -0.332. The van der Waals surface area contributed by atoms with Gasteiger partial charge < -0.3 is 14.2 Å².